The van der Waals surface area contributed by atoms with Gasteiger partial charge in [-0.15, -0.1) is 0 Å². The third-order valence-electron chi connectivity index (χ3n) is 3.34. The number of nitrogens with zero attached hydrogens (tertiary/aromatic N) is 4. The molecule has 0 unspecified atom stereocenters. The van der Waals surface area contributed by atoms with E-state index in [0.717, 1.165) is 18.7 Å². The fraction of sp³-hybridized carbons (Fsp3) is 0.400. The zero-order chi connectivity index (χ0) is 15.2. The van der Waals surface area contributed by atoms with E-state index in [1.807, 2.05) is 30.3 Å². The van der Waals surface area contributed by atoms with Gasteiger partial charge in [-0.3, -0.25) is 0 Å². The van der Waals surface area contributed by atoms with Gasteiger partial charge in [0.15, 0.2) is 5.82 Å². The molecule has 1 aromatic carbocycles. The molecule has 0 aliphatic carbocycles. The van der Waals surface area contributed by atoms with Crippen molar-refractivity contribution in [3.63, 3.8) is 0 Å². The molecule has 1 aliphatic rings. The zero-order valence-corrected chi connectivity index (χ0v) is 12.3. The molecule has 2 heterocycles. The Labute approximate surface area is 129 Å². The van der Waals surface area contributed by atoms with Crippen molar-refractivity contribution < 1.29 is 9.84 Å². The molecule has 1 fully saturated rings. The van der Waals surface area contributed by atoms with Crippen molar-refractivity contribution >= 4 is 11.9 Å². The van der Waals surface area contributed by atoms with Crippen LogP contribution in [-0.2, 0) is 4.74 Å². The molecule has 0 saturated carbocycles. The number of ether oxygens (including phenoxy) is 1. The van der Waals surface area contributed by atoms with Crippen LogP contribution in [0, 0.1) is 0 Å². The molecule has 116 valence electrons. The van der Waals surface area contributed by atoms with Gasteiger partial charge >= 0.3 is 0 Å². The third kappa shape index (κ3) is 3.49. The Kier molecular flexibility index (Phi) is 4.77. The second-order valence-corrected chi connectivity index (χ2v) is 4.90. The van der Waals surface area contributed by atoms with E-state index in [1.165, 1.54) is 0 Å². The molecule has 0 radical (unpaired) electrons. The van der Waals surface area contributed by atoms with E-state index in [2.05, 4.69) is 25.2 Å². The minimum Gasteiger partial charge on any atom is -0.395 e. The first-order valence-electron chi connectivity index (χ1n) is 7.36. The van der Waals surface area contributed by atoms with Crippen molar-refractivity contribution in [1.29, 1.82) is 0 Å². The van der Waals surface area contributed by atoms with Crippen LogP contribution in [0.3, 0.4) is 0 Å². The summed E-state index contributed by atoms with van der Waals surface area (Å²) in [5.74, 6) is 1.74. The van der Waals surface area contributed by atoms with Gasteiger partial charge in [0.05, 0.1) is 19.8 Å². The van der Waals surface area contributed by atoms with Gasteiger partial charge < -0.3 is 20.1 Å². The van der Waals surface area contributed by atoms with E-state index >= 15 is 0 Å². The van der Waals surface area contributed by atoms with Gasteiger partial charge in [-0.1, -0.05) is 30.3 Å². The lowest BCUT2D eigenvalue weighted by Gasteiger charge is -2.27. The first-order chi connectivity index (χ1) is 10.9. The van der Waals surface area contributed by atoms with Crippen molar-refractivity contribution in [3.8, 4) is 11.4 Å². The van der Waals surface area contributed by atoms with Gasteiger partial charge in [-0.05, 0) is 0 Å². The molecule has 7 heteroatoms. The predicted molar refractivity (Wildman–Crippen MR) is 83.9 cm³/mol. The molecule has 0 amide bonds. The van der Waals surface area contributed by atoms with Crippen LogP contribution in [0.15, 0.2) is 30.3 Å². The van der Waals surface area contributed by atoms with Gasteiger partial charge in [0.1, 0.15) is 0 Å². The van der Waals surface area contributed by atoms with Gasteiger partial charge in [0.25, 0.3) is 0 Å². The lowest BCUT2D eigenvalue weighted by atomic mass is 10.2. The normalized spacial score (nSPS) is 14.9. The maximum atomic E-state index is 8.97. The Morgan fingerprint density at radius 3 is 2.59 bits per heavy atom. The molecule has 1 aromatic heterocycles. The van der Waals surface area contributed by atoms with Crippen LogP contribution < -0.4 is 10.2 Å². The van der Waals surface area contributed by atoms with Gasteiger partial charge in [0, 0.05) is 25.2 Å². The van der Waals surface area contributed by atoms with Crippen LogP contribution >= 0.6 is 0 Å². The van der Waals surface area contributed by atoms with Crippen LogP contribution in [0.5, 0.6) is 0 Å². The summed E-state index contributed by atoms with van der Waals surface area (Å²) in [7, 11) is 0. The molecule has 2 N–H and O–H groups in total. The summed E-state index contributed by atoms with van der Waals surface area (Å²) in [6.07, 6.45) is 0. The number of morpholine rings is 1. The van der Waals surface area contributed by atoms with E-state index in [4.69, 9.17) is 9.84 Å². The summed E-state index contributed by atoms with van der Waals surface area (Å²) < 4.78 is 5.37. The number of anilines is 2. The van der Waals surface area contributed by atoms with Crippen LogP contribution in [0.1, 0.15) is 0 Å². The van der Waals surface area contributed by atoms with Crippen molar-refractivity contribution in [2.24, 2.45) is 0 Å². The first-order valence-corrected chi connectivity index (χ1v) is 7.36. The highest BCUT2D eigenvalue weighted by atomic mass is 16.5. The molecule has 0 bridgehead atoms. The zero-order valence-electron chi connectivity index (χ0n) is 12.3. The Hall–Kier alpha value is -2.25. The van der Waals surface area contributed by atoms with Gasteiger partial charge in [-0.25, -0.2) is 0 Å². The molecule has 2 aromatic rings. The SMILES string of the molecule is OCCNc1nc(-c2ccccc2)nc(N2CCOCC2)n1. The van der Waals surface area contributed by atoms with E-state index in [0.29, 0.717) is 37.5 Å². The largest absolute Gasteiger partial charge is 0.395 e. The average Bonchev–Trinajstić information content (AvgIpc) is 2.61. The summed E-state index contributed by atoms with van der Waals surface area (Å²) in [6, 6.07) is 9.80. The number of hydrogen-bond donors (Lipinski definition) is 2. The predicted octanol–water partition coefficient (Wildman–Crippen LogP) is 0.779. The number of rotatable bonds is 5. The monoisotopic (exact) mass is 301 g/mol. The summed E-state index contributed by atoms with van der Waals surface area (Å²) in [5, 5.41) is 12.0. The van der Waals surface area contributed by atoms with E-state index in [9.17, 15) is 0 Å². The lowest BCUT2D eigenvalue weighted by Crippen LogP contribution is -2.37. The van der Waals surface area contributed by atoms with Crippen LogP contribution in [-0.4, -0.2) is 59.5 Å². The highest BCUT2D eigenvalue weighted by Crippen LogP contribution is 2.20. The minimum absolute atomic E-state index is 0.0270. The van der Waals surface area contributed by atoms with Crippen molar-refractivity contribution in [2.45, 2.75) is 0 Å². The number of aliphatic hydroxyl groups is 1. The summed E-state index contributed by atoms with van der Waals surface area (Å²) in [6.45, 7) is 3.30. The third-order valence-corrected chi connectivity index (χ3v) is 3.34. The molecule has 7 nitrogen and oxygen atoms in total. The number of aliphatic hydroxyl groups excluding tert-OH is 1. The quantitative estimate of drug-likeness (QED) is 0.844. The second-order valence-electron chi connectivity index (χ2n) is 4.90. The Morgan fingerprint density at radius 2 is 1.86 bits per heavy atom. The molecule has 0 spiro atoms. The first kappa shape index (κ1) is 14.7. The molecular weight excluding hydrogens is 282 g/mol. The summed E-state index contributed by atoms with van der Waals surface area (Å²) >= 11 is 0. The topological polar surface area (TPSA) is 83.4 Å². The molecule has 3 rings (SSSR count). The van der Waals surface area contributed by atoms with Crippen LogP contribution in [0.25, 0.3) is 11.4 Å². The highest BCUT2D eigenvalue weighted by molar-refractivity contribution is 5.58. The number of benzene rings is 1. The van der Waals surface area contributed by atoms with E-state index < -0.39 is 0 Å². The lowest BCUT2D eigenvalue weighted by molar-refractivity contribution is 0.122. The summed E-state index contributed by atoms with van der Waals surface area (Å²) in [5.41, 5.74) is 0.937. The van der Waals surface area contributed by atoms with Crippen molar-refractivity contribution in [3.05, 3.63) is 30.3 Å². The second kappa shape index (κ2) is 7.15. The van der Waals surface area contributed by atoms with Crippen LogP contribution in [0.2, 0.25) is 0 Å². The van der Waals surface area contributed by atoms with Crippen molar-refractivity contribution in [1.82, 2.24) is 15.0 Å². The number of nitrogens with one attached hydrogen (secondary N) is 1. The number of hydrogen-bond acceptors (Lipinski definition) is 7. The molecular formula is C15H19N5O2. The minimum atomic E-state index is 0.0270. The standard InChI is InChI=1S/C15H19N5O2/c21-9-6-16-14-17-13(12-4-2-1-3-5-12)18-15(19-14)20-7-10-22-11-8-20/h1-5,21H,6-11H2,(H,16,17,18,19). The smallest absolute Gasteiger partial charge is 0.230 e. The fourth-order valence-corrected chi connectivity index (χ4v) is 2.23. The van der Waals surface area contributed by atoms with Gasteiger partial charge in [-0.2, -0.15) is 15.0 Å². The Bertz CT molecular complexity index is 602. The molecule has 22 heavy (non-hydrogen) atoms. The van der Waals surface area contributed by atoms with Crippen LogP contribution in [0.4, 0.5) is 11.9 Å². The molecule has 0 atom stereocenters. The maximum absolute atomic E-state index is 8.97. The highest BCUT2D eigenvalue weighted by Gasteiger charge is 2.17. The Balaban J connectivity index is 1.94. The van der Waals surface area contributed by atoms with Crippen molar-refractivity contribution in [2.75, 3.05) is 49.7 Å². The van der Waals surface area contributed by atoms with E-state index in [-0.39, 0.29) is 6.61 Å². The Morgan fingerprint density at radius 1 is 1.09 bits per heavy atom. The maximum Gasteiger partial charge on any atom is 0.230 e. The summed E-state index contributed by atoms with van der Waals surface area (Å²) in [4.78, 5) is 15.5. The molecule has 1 aliphatic heterocycles. The number of aromatic nitrogens is 3. The average molecular weight is 301 g/mol. The van der Waals surface area contributed by atoms with Gasteiger partial charge in [0.2, 0.25) is 11.9 Å². The van der Waals surface area contributed by atoms with E-state index in [1.54, 1.807) is 0 Å². The fourth-order valence-electron chi connectivity index (χ4n) is 2.23. The molecule has 1 saturated heterocycles.